The first-order chi connectivity index (χ1) is 16.5. The lowest BCUT2D eigenvalue weighted by Gasteiger charge is -2.31. The maximum atomic E-state index is 13.5. The Morgan fingerprint density at radius 1 is 1.00 bits per heavy atom. The standard InChI is InChI=1S/C27H28BrClN2O3/c1-2-15-30-27(33)25(17-20-7-4-3-5-8-20)31(18-21-9-6-10-22(28)16-21)26(32)19-34-24-13-11-23(29)12-14-24/h3-14,16,25H,2,15,17-19H2,1H3,(H,30,33). The van der Waals surface area contributed by atoms with Gasteiger partial charge in [-0.25, -0.2) is 0 Å². The van der Waals surface area contributed by atoms with Crippen molar-refractivity contribution in [1.29, 1.82) is 0 Å². The summed E-state index contributed by atoms with van der Waals surface area (Å²) < 4.78 is 6.64. The number of nitrogens with one attached hydrogen (secondary N) is 1. The van der Waals surface area contributed by atoms with Crippen LogP contribution >= 0.6 is 27.5 Å². The highest BCUT2D eigenvalue weighted by atomic mass is 79.9. The van der Waals surface area contributed by atoms with E-state index in [1.165, 1.54) is 0 Å². The van der Waals surface area contributed by atoms with Crippen LogP contribution in [0.2, 0.25) is 5.02 Å². The van der Waals surface area contributed by atoms with Crippen LogP contribution in [-0.2, 0) is 22.6 Å². The molecule has 0 aliphatic heterocycles. The average Bonchev–Trinajstić information content (AvgIpc) is 2.85. The number of amides is 2. The van der Waals surface area contributed by atoms with E-state index in [2.05, 4.69) is 21.2 Å². The molecule has 34 heavy (non-hydrogen) atoms. The zero-order chi connectivity index (χ0) is 24.3. The molecule has 0 fully saturated rings. The second-order valence-electron chi connectivity index (χ2n) is 7.89. The van der Waals surface area contributed by atoms with Gasteiger partial charge in [0.1, 0.15) is 11.8 Å². The maximum absolute atomic E-state index is 13.5. The molecule has 0 aliphatic rings. The number of benzene rings is 3. The summed E-state index contributed by atoms with van der Waals surface area (Å²) in [5, 5.41) is 3.56. The number of halogens is 2. The zero-order valence-corrected chi connectivity index (χ0v) is 21.4. The van der Waals surface area contributed by atoms with Gasteiger partial charge >= 0.3 is 0 Å². The minimum Gasteiger partial charge on any atom is -0.484 e. The first-order valence-corrected chi connectivity index (χ1v) is 12.4. The Labute approximate surface area is 214 Å². The van der Waals surface area contributed by atoms with Gasteiger partial charge in [-0.2, -0.15) is 0 Å². The van der Waals surface area contributed by atoms with Crippen LogP contribution in [0.5, 0.6) is 5.75 Å². The van der Waals surface area contributed by atoms with Crippen LogP contribution in [0.15, 0.2) is 83.3 Å². The maximum Gasteiger partial charge on any atom is 0.261 e. The van der Waals surface area contributed by atoms with Crippen molar-refractivity contribution in [2.75, 3.05) is 13.2 Å². The Balaban J connectivity index is 1.88. The molecule has 3 rings (SSSR count). The molecule has 2 amide bonds. The van der Waals surface area contributed by atoms with Crippen molar-refractivity contribution in [2.24, 2.45) is 0 Å². The molecule has 0 aliphatic carbocycles. The summed E-state index contributed by atoms with van der Waals surface area (Å²) in [6.45, 7) is 2.63. The summed E-state index contributed by atoms with van der Waals surface area (Å²) in [6, 6.07) is 23.6. The lowest BCUT2D eigenvalue weighted by atomic mass is 10.0. The van der Waals surface area contributed by atoms with Crippen molar-refractivity contribution < 1.29 is 14.3 Å². The number of hydrogen-bond acceptors (Lipinski definition) is 3. The number of ether oxygens (including phenoxy) is 1. The highest BCUT2D eigenvalue weighted by molar-refractivity contribution is 9.10. The normalized spacial score (nSPS) is 11.5. The molecule has 0 aromatic heterocycles. The minimum atomic E-state index is -0.686. The van der Waals surface area contributed by atoms with Crippen LogP contribution in [0.3, 0.4) is 0 Å². The van der Waals surface area contributed by atoms with Gasteiger partial charge in [0.25, 0.3) is 5.91 Å². The van der Waals surface area contributed by atoms with Crippen LogP contribution in [0.4, 0.5) is 0 Å². The molecule has 178 valence electrons. The average molecular weight is 544 g/mol. The van der Waals surface area contributed by atoms with Gasteiger partial charge in [-0.3, -0.25) is 9.59 Å². The fourth-order valence-corrected chi connectivity index (χ4v) is 4.08. The van der Waals surface area contributed by atoms with E-state index in [0.717, 1.165) is 22.0 Å². The predicted molar refractivity (Wildman–Crippen MR) is 139 cm³/mol. The highest BCUT2D eigenvalue weighted by Gasteiger charge is 2.30. The van der Waals surface area contributed by atoms with E-state index in [1.807, 2.05) is 61.5 Å². The Morgan fingerprint density at radius 3 is 2.38 bits per heavy atom. The van der Waals surface area contributed by atoms with Crippen molar-refractivity contribution >= 4 is 39.3 Å². The van der Waals surface area contributed by atoms with Gasteiger partial charge < -0.3 is 15.0 Å². The second kappa shape index (κ2) is 13.2. The molecule has 0 heterocycles. The summed E-state index contributed by atoms with van der Waals surface area (Å²) in [4.78, 5) is 28.3. The number of carbonyl (C=O) groups is 2. The molecule has 3 aromatic carbocycles. The first-order valence-electron chi connectivity index (χ1n) is 11.2. The molecule has 0 bridgehead atoms. The number of nitrogens with zero attached hydrogens (tertiary/aromatic N) is 1. The zero-order valence-electron chi connectivity index (χ0n) is 19.0. The molecule has 0 saturated carbocycles. The van der Waals surface area contributed by atoms with E-state index in [-0.39, 0.29) is 25.0 Å². The van der Waals surface area contributed by atoms with Crippen molar-refractivity contribution in [3.8, 4) is 5.75 Å². The summed E-state index contributed by atoms with van der Waals surface area (Å²) in [6.07, 6.45) is 1.21. The molecule has 1 atom stereocenters. The van der Waals surface area contributed by atoms with Crippen LogP contribution in [-0.4, -0.2) is 35.9 Å². The lowest BCUT2D eigenvalue weighted by Crippen LogP contribution is -2.51. The largest absolute Gasteiger partial charge is 0.484 e. The summed E-state index contributed by atoms with van der Waals surface area (Å²) in [7, 11) is 0. The van der Waals surface area contributed by atoms with Gasteiger partial charge in [0, 0.05) is 29.0 Å². The van der Waals surface area contributed by atoms with E-state index in [4.69, 9.17) is 16.3 Å². The van der Waals surface area contributed by atoms with E-state index < -0.39 is 6.04 Å². The summed E-state index contributed by atoms with van der Waals surface area (Å²) in [5.41, 5.74) is 1.89. The fourth-order valence-electron chi connectivity index (χ4n) is 3.51. The van der Waals surface area contributed by atoms with E-state index in [9.17, 15) is 9.59 Å². The Bertz CT molecular complexity index is 1080. The Hall–Kier alpha value is -2.83. The summed E-state index contributed by atoms with van der Waals surface area (Å²) in [5.74, 6) is 0.0817. The third kappa shape index (κ3) is 7.89. The molecule has 0 spiro atoms. The molecule has 0 radical (unpaired) electrons. The molecule has 7 heteroatoms. The molecular weight excluding hydrogens is 516 g/mol. The first kappa shape index (κ1) is 25.8. The molecule has 1 unspecified atom stereocenters. The number of rotatable bonds is 11. The fraction of sp³-hybridized carbons (Fsp3) is 0.259. The molecular formula is C27H28BrClN2O3. The molecule has 1 N–H and O–H groups in total. The molecule has 3 aromatic rings. The van der Waals surface area contributed by atoms with Crippen LogP contribution < -0.4 is 10.1 Å². The smallest absolute Gasteiger partial charge is 0.261 e. The predicted octanol–water partition coefficient (Wildman–Crippen LogP) is 5.65. The van der Waals surface area contributed by atoms with Crippen LogP contribution in [0.1, 0.15) is 24.5 Å². The van der Waals surface area contributed by atoms with E-state index in [1.54, 1.807) is 29.2 Å². The molecule has 5 nitrogen and oxygen atoms in total. The quantitative estimate of drug-likeness (QED) is 0.340. The highest BCUT2D eigenvalue weighted by Crippen LogP contribution is 2.19. The van der Waals surface area contributed by atoms with Gasteiger partial charge in [0.15, 0.2) is 6.61 Å². The Kier molecular flexibility index (Phi) is 9.98. The van der Waals surface area contributed by atoms with Crippen LogP contribution in [0, 0.1) is 0 Å². The van der Waals surface area contributed by atoms with Gasteiger partial charge in [0.2, 0.25) is 5.91 Å². The van der Waals surface area contributed by atoms with Gasteiger partial charge in [-0.1, -0.05) is 76.9 Å². The van der Waals surface area contributed by atoms with Gasteiger partial charge in [-0.15, -0.1) is 0 Å². The van der Waals surface area contributed by atoms with Crippen molar-refractivity contribution in [1.82, 2.24) is 10.2 Å². The third-order valence-electron chi connectivity index (χ3n) is 5.24. The van der Waals surface area contributed by atoms with Gasteiger partial charge in [0.05, 0.1) is 0 Å². The Morgan fingerprint density at radius 2 is 1.71 bits per heavy atom. The molecule has 0 saturated heterocycles. The van der Waals surface area contributed by atoms with E-state index in [0.29, 0.717) is 23.7 Å². The lowest BCUT2D eigenvalue weighted by molar-refractivity contribution is -0.142. The van der Waals surface area contributed by atoms with E-state index >= 15 is 0 Å². The number of carbonyl (C=O) groups excluding carboxylic acids is 2. The van der Waals surface area contributed by atoms with Crippen molar-refractivity contribution in [2.45, 2.75) is 32.4 Å². The van der Waals surface area contributed by atoms with Crippen molar-refractivity contribution in [3.63, 3.8) is 0 Å². The SMILES string of the molecule is CCCNC(=O)C(Cc1ccccc1)N(Cc1cccc(Br)c1)C(=O)COc1ccc(Cl)cc1. The number of hydrogen-bond donors (Lipinski definition) is 1. The summed E-state index contributed by atoms with van der Waals surface area (Å²) >= 11 is 9.44. The van der Waals surface area contributed by atoms with Crippen LogP contribution in [0.25, 0.3) is 0 Å². The minimum absolute atomic E-state index is 0.180. The van der Waals surface area contributed by atoms with Gasteiger partial charge in [-0.05, 0) is 53.9 Å². The monoisotopic (exact) mass is 542 g/mol. The van der Waals surface area contributed by atoms with Crippen molar-refractivity contribution in [3.05, 3.63) is 99.5 Å². The topological polar surface area (TPSA) is 58.6 Å². The second-order valence-corrected chi connectivity index (χ2v) is 9.24. The third-order valence-corrected chi connectivity index (χ3v) is 5.98.